The average molecular weight is 405 g/mol. The zero-order valence-electron chi connectivity index (χ0n) is 13.8. The van der Waals surface area contributed by atoms with Gasteiger partial charge in [0.1, 0.15) is 49.3 Å². The van der Waals surface area contributed by atoms with Gasteiger partial charge in [-0.25, -0.2) is 0 Å². The molecule has 0 spiro atoms. The summed E-state index contributed by atoms with van der Waals surface area (Å²) in [6.45, 7) is -2.32. The van der Waals surface area contributed by atoms with Crippen molar-refractivity contribution in [2.75, 3.05) is 19.8 Å². The SMILES string of the molecule is O=[N+]([O-])O.OC[C@H]1OC(CO)(O[C@H]2O[C@H](CO)[C@@H](O)[C@H](O)[C@H]2O)[C@@H](O)[C@@H]1O. The molecule has 0 aromatic heterocycles. The van der Waals surface area contributed by atoms with Crippen LogP contribution in [0.5, 0.6) is 0 Å². The van der Waals surface area contributed by atoms with Crippen molar-refractivity contribution in [3.05, 3.63) is 10.1 Å². The van der Waals surface area contributed by atoms with Gasteiger partial charge in [0.15, 0.2) is 6.29 Å². The van der Waals surface area contributed by atoms with Crippen molar-refractivity contribution < 1.29 is 65.4 Å². The summed E-state index contributed by atoms with van der Waals surface area (Å²) in [5.74, 6) is -2.22. The summed E-state index contributed by atoms with van der Waals surface area (Å²) in [7, 11) is 0. The van der Waals surface area contributed by atoms with Crippen LogP contribution in [0.4, 0.5) is 0 Å². The summed E-state index contributed by atoms with van der Waals surface area (Å²) in [5.41, 5.74) is 0. The lowest BCUT2D eigenvalue weighted by Crippen LogP contribution is -2.62. The molecule has 27 heavy (non-hydrogen) atoms. The van der Waals surface area contributed by atoms with E-state index in [0.29, 0.717) is 0 Å². The summed E-state index contributed by atoms with van der Waals surface area (Å²) in [4.78, 5) is 8.36. The minimum absolute atomic E-state index is 0.669. The van der Waals surface area contributed by atoms with Crippen molar-refractivity contribution in [2.45, 2.75) is 54.8 Å². The Morgan fingerprint density at radius 3 is 1.85 bits per heavy atom. The highest BCUT2D eigenvalue weighted by Gasteiger charge is 2.58. The fraction of sp³-hybridized carbons (Fsp3) is 1.00. The first-order chi connectivity index (χ1) is 12.5. The number of aliphatic hydroxyl groups is 8. The number of aliphatic hydroxyl groups excluding tert-OH is 8. The van der Waals surface area contributed by atoms with Gasteiger partial charge in [0.25, 0.3) is 5.09 Å². The molecule has 1 unspecified atom stereocenters. The second kappa shape index (κ2) is 9.80. The van der Waals surface area contributed by atoms with Gasteiger partial charge in [-0.05, 0) is 0 Å². The normalized spacial score (nSPS) is 44.4. The topological polar surface area (TPSA) is 253 Å². The molecule has 9 N–H and O–H groups in total. The smallest absolute Gasteiger partial charge is 0.291 e. The van der Waals surface area contributed by atoms with Gasteiger partial charge in [0.2, 0.25) is 5.79 Å². The van der Waals surface area contributed by atoms with Crippen LogP contribution in [-0.2, 0) is 14.2 Å². The van der Waals surface area contributed by atoms with E-state index in [4.69, 9.17) is 39.7 Å². The predicted octanol–water partition coefficient (Wildman–Crippen LogP) is -5.74. The third kappa shape index (κ3) is 5.18. The Hall–Kier alpha value is -1.24. The Morgan fingerprint density at radius 2 is 1.44 bits per heavy atom. The molecule has 15 heteroatoms. The van der Waals surface area contributed by atoms with Gasteiger partial charge < -0.3 is 60.3 Å². The van der Waals surface area contributed by atoms with E-state index in [0.717, 1.165) is 0 Å². The van der Waals surface area contributed by atoms with Gasteiger partial charge in [0.05, 0.1) is 13.2 Å². The maximum absolute atomic E-state index is 10.00. The summed E-state index contributed by atoms with van der Waals surface area (Å²) in [6, 6.07) is 0. The summed E-state index contributed by atoms with van der Waals surface area (Å²) in [6.07, 6.45) is -12.7. The quantitative estimate of drug-likeness (QED) is 0.153. The van der Waals surface area contributed by atoms with E-state index in [1.54, 1.807) is 0 Å². The zero-order valence-corrected chi connectivity index (χ0v) is 13.8. The molecule has 2 heterocycles. The fourth-order valence-corrected chi connectivity index (χ4v) is 2.63. The minimum Gasteiger partial charge on any atom is -0.394 e. The molecule has 0 aromatic rings. The molecule has 0 radical (unpaired) electrons. The van der Waals surface area contributed by atoms with Gasteiger partial charge in [-0.2, -0.15) is 0 Å². The molecule has 9 atom stereocenters. The minimum atomic E-state index is -2.22. The first kappa shape index (κ1) is 23.8. The fourth-order valence-electron chi connectivity index (χ4n) is 2.63. The molecule has 2 saturated heterocycles. The van der Waals surface area contributed by atoms with Crippen LogP contribution in [0.25, 0.3) is 0 Å². The molecule has 2 fully saturated rings. The Kier molecular flexibility index (Phi) is 8.64. The number of nitrogens with zero attached hydrogens (tertiary/aromatic N) is 1. The summed E-state index contributed by atoms with van der Waals surface area (Å²) >= 11 is 0. The van der Waals surface area contributed by atoms with Crippen LogP contribution >= 0.6 is 0 Å². The average Bonchev–Trinajstić information content (AvgIpc) is 2.86. The number of hydrogen-bond donors (Lipinski definition) is 9. The Balaban J connectivity index is 0.000000828. The van der Waals surface area contributed by atoms with Crippen molar-refractivity contribution in [1.29, 1.82) is 0 Å². The third-order valence-corrected chi connectivity index (χ3v) is 4.07. The Bertz CT molecular complexity index is 475. The highest BCUT2D eigenvalue weighted by molar-refractivity contribution is 4.98. The van der Waals surface area contributed by atoms with Crippen molar-refractivity contribution in [3.63, 3.8) is 0 Å². The second-order valence-corrected chi connectivity index (χ2v) is 5.80. The lowest BCUT2D eigenvalue weighted by Gasteiger charge is -2.43. The molecule has 2 aliphatic heterocycles. The highest BCUT2D eigenvalue weighted by Crippen LogP contribution is 2.35. The Labute approximate surface area is 151 Å². The van der Waals surface area contributed by atoms with Crippen LogP contribution in [0, 0.1) is 10.1 Å². The third-order valence-electron chi connectivity index (χ3n) is 4.07. The van der Waals surface area contributed by atoms with Crippen LogP contribution in [0.15, 0.2) is 0 Å². The van der Waals surface area contributed by atoms with E-state index in [2.05, 4.69) is 0 Å². The van der Waals surface area contributed by atoms with Crippen molar-refractivity contribution in [3.8, 4) is 0 Å². The first-order valence-corrected chi connectivity index (χ1v) is 7.61. The molecule has 2 rings (SSSR count). The van der Waals surface area contributed by atoms with E-state index < -0.39 is 79.7 Å². The lowest BCUT2D eigenvalue weighted by atomic mass is 9.99. The number of rotatable bonds is 5. The molecule has 0 aliphatic carbocycles. The van der Waals surface area contributed by atoms with E-state index >= 15 is 0 Å². The monoisotopic (exact) mass is 405 g/mol. The van der Waals surface area contributed by atoms with Gasteiger partial charge >= 0.3 is 0 Å². The molecule has 0 aromatic carbocycles. The van der Waals surface area contributed by atoms with Gasteiger partial charge in [-0.15, -0.1) is 10.1 Å². The van der Waals surface area contributed by atoms with E-state index in [9.17, 15) is 30.6 Å². The van der Waals surface area contributed by atoms with Gasteiger partial charge in [-0.3, -0.25) is 0 Å². The van der Waals surface area contributed by atoms with Crippen molar-refractivity contribution >= 4 is 0 Å². The van der Waals surface area contributed by atoms with E-state index in [1.807, 2.05) is 0 Å². The van der Waals surface area contributed by atoms with Crippen LogP contribution in [0.2, 0.25) is 0 Å². The second-order valence-electron chi connectivity index (χ2n) is 5.80. The van der Waals surface area contributed by atoms with E-state index in [-0.39, 0.29) is 0 Å². The molecule has 2 aliphatic rings. The molecule has 160 valence electrons. The standard InChI is InChI=1S/C12H22O11.HNO3/c13-1-4-6(16)8(18)9(19)11(21-4)23-12(3-15)10(20)7(17)5(2-14)22-12;2-1(3)4/h4-11,13-20H,1-3H2;(H,2,3,4)/t4-,5-,6-,7-,8+,9-,10+,11-,12?;/m1./s1. The summed E-state index contributed by atoms with van der Waals surface area (Å²) < 4.78 is 15.4. The molecule has 15 nitrogen and oxygen atoms in total. The highest BCUT2D eigenvalue weighted by atomic mass is 16.9. The van der Waals surface area contributed by atoms with Crippen LogP contribution in [0.1, 0.15) is 0 Å². The number of hydrogen-bond acceptors (Lipinski definition) is 13. The van der Waals surface area contributed by atoms with Crippen molar-refractivity contribution in [1.82, 2.24) is 0 Å². The molecule has 0 saturated carbocycles. The maximum atomic E-state index is 10.00. The number of ether oxygens (including phenoxy) is 3. The predicted molar refractivity (Wildman–Crippen MR) is 77.4 cm³/mol. The van der Waals surface area contributed by atoms with E-state index in [1.165, 1.54) is 0 Å². The lowest BCUT2D eigenvalue weighted by molar-refractivity contribution is -0.742. The van der Waals surface area contributed by atoms with Gasteiger partial charge in [0, 0.05) is 0 Å². The van der Waals surface area contributed by atoms with Crippen molar-refractivity contribution in [2.24, 2.45) is 0 Å². The molecular weight excluding hydrogens is 382 g/mol. The maximum Gasteiger partial charge on any atom is 0.291 e. The Morgan fingerprint density at radius 1 is 0.926 bits per heavy atom. The van der Waals surface area contributed by atoms with Crippen LogP contribution in [-0.4, -0.2) is 126 Å². The first-order valence-electron chi connectivity index (χ1n) is 7.61. The largest absolute Gasteiger partial charge is 0.394 e. The van der Waals surface area contributed by atoms with Gasteiger partial charge in [-0.1, -0.05) is 0 Å². The summed E-state index contributed by atoms with van der Waals surface area (Å²) in [5, 5.41) is 90.3. The van der Waals surface area contributed by atoms with Crippen LogP contribution in [0.3, 0.4) is 0 Å². The molecule has 0 amide bonds. The zero-order chi connectivity index (χ0) is 20.9. The molecule has 0 bridgehead atoms. The molecular formula is C12H23NO14. The van der Waals surface area contributed by atoms with Crippen LogP contribution < -0.4 is 0 Å².